The van der Waals surface area contributed by atoms with E-state index in [0.29, 0.717) is 10.6 Å². The van der Waals surface area contributed by atoms with Crippen molar-refractivity contribution in [2.24, 2.45) is 0 Å². The van der Waals surface area contributed by atoms with Gasteiger partial charge in [-0.1, -0.05) is 57.9 Å². The largest absolute Gasteiger partial charge is 0.362 e. The minimum absolute atomic E-state index is 0.150. The molecule has 0 saturated carbocycles. The molecule has 0 heterocycles. The topological polar surface area (TPSA) is 41.1 Å². The highest BCUT2D eigenvalue weighted by molar-refractivity contribution is 9.10. The highest BCUT2D eigenvalue weighted by atomic mass is 79.9. The van der Waals surface area contributed by atoms with Crippen LogP contribution in [0.4, 0.5) is 5.69 Å². The summed E-state index contributed by atoms with van der Waals surface area (Å²) in [4.78, 5) is 12.6. The van der Waals surface area contributed by atoms with Crippen LogP contribution in [0.1, 0.15) is 22.1 Å². The van der Waals surface area contributed by atoms with Gasteiger partial charge in [-0.3, -0.25) is 4.79 Å². The van der Waals surface area contributed by atoms with Gasteiger partial charge in [-0.2, -0.15) is 0 Å². The normalized spacial score (nSPS) is 11.6. The minimum Gasteiger partial charge on any atom is -0.362 e. The third-order valence-electron chi connectivity index (χ3n) is 3.67. The lowest BCUT2D eigenvalue weighted by Gasteiger charge is -2.22. The molecule has 3 aromatic carbocycles. The standard InChI is InChI=1S/C20H16BrClN2O/c21-16-8-6-15(7-9-16)20(25)24-19(14-4-2-1-3-5-14)23-18-12-10-17(22)11-13-18/h1-13,19,23H,(H,24,25). The molecular formula is C20H16BrClN2O. The van der Waals surface area contributed by atoms with E-state index in [9.17, 15) is 4.79 Å². The smallest absolute Gasteiger partial charge is 0.253 e. The van der Waals surface area contributed by atoms with Gasteiger partial charge in [0, 0.05) is 20.7 Å². The summed E-state index contributed by atoms with van der Waals surface area (Å²) < 4.78 is 0.933. The first-order valence-electron chi connectivity index (χ1n) is 7.75. The van der Waals surface area contributed by atoms with Crippen LogP contribution >= 0.6 is 27.5 Å². The van der Waals surface area contributed by atoms with Crippen LogP contribution in [-0.4, -0.2) is 5.91 Å². The lowest BCUT2D eigenvalue weighted by atomic mass is 10.1. The van der Waals surface area contributed by atoms with E-state index in [0.717, 1.165) is 15.7 Å². The van der Waals surface area contributed by atoms with Crippen molar-refractivity contribution in [3.05, 3.63) is 99.5 Å². The van der Waals surface area contributed by atoms with E-state index in [1.54, 1.807) is 12.1 Å². The van der Waals surface area contributed by atoms with Crippen molar-refractivity contribution in [3.8, 4) is 0 Å². The fraction of sp³-hybridized carbons (Fsp3) is 0.0500. The molecule has 0 aliphatic heterocycles. The van der Waals surface area contributed by atoms with Gasteiger partial charge in [-0.25, -0.2) is 0 Å². The molecule has 0 spiro atoms. The van der Waals surface area contributed by atoms with E-state index in [-0.39, 0.29) is 12.1 Å². The number of amides is 1. The maximum atomic E-state index is 12.6. The van der Waals surface area contributed by atoms with Gasteiger partial charge in [-0.15, -0.1) is 0 Å². The zero-order valence-electron chi connectivity index (χ0n) is 13.2. The minimum atomic E-state index is -0.362. The fourth-order valence-electron chi connectivity index (χ4n) is 2.38. The van der Waals surface area contributed by atoms with Crippen molar-refractivity contribution >= 4 is 39.1 Å². The van der Waals surface area contributed by atoms with Crippen LogP contribution in [0, 0.1) is 0 Å². The highest BCUT2D eigenvalue weighted by Gasteiger charge is 2.15. The molecular weight excluding hydrogens is 400 g/mol. The number of nitrogens with one attached hydrogen (secondary N) is 2. The van der Waals surface area contributed by atoms with Gasteiger partial charge in [0.2, 0.25) is 0 Å². The second-order valence-corrected chi connectivity index (χ2v) is 6.83. The highest BCUT2D eigenvalue weighted by Crippen LogP contribution is 2.20. The molecule has 3 rings (SSSR count). The Morgan fingerprint density at radius 2 is 1.52 bits per heavy atom. The Hall–Kier alpha value is -2.30. The first-order valence-corrected chi connectivity index (χ1v) is 8.92. The Morgan fingerprint density at radius 3 is 2.16 bits per heavy atom. The molecule has 2 N–H and O–H groups in total. The van der Waals surface area contributed by atoms with Crippen molar-refractivity contribution in [1.29, 1.82) is 0 Å². The Bertz CT molecular complexity index is 836. The maximum Gasteiger partial charge on any atom is 0.253 e. The number of rotatable bonds is 5. The molecule has 0 aliphatic rings. The van der Waals surface area contributed by atoms with E-state index in [1.807, 2.05) is 66.7 Å². The molecule has 1 atom stereocenters. The van der Waals surface area contributed by atoms with Crippen LogP contribution in [0.25, 0.3) is 0 Å². The van der Waals surface area contributed by atoms with Crippen LogP contribution in [0.3, 0.4) is 0 Å². The van der Waals surface area contributed by atoms with Crippen LogP contribution in [0.15, 0.2) is 83.3 Å². The predicted octanol–water partition coefficient (Wildman–Crippen LogP) is 5.64. The number of anilines is 1. The second kappa shape index (κ2) is 8.19. The van der Waals surface area contributed by atoms with E-state index < -0.39 is 0 Å². The fourth-order valence-corrected chi connectivity index (χ4v) is 2.77. The Morgan fingerprint density at radius 1 is 0.880 bits per heavy atom. The molecule has 0 fully saturated rings. The third kappa shape index (κ3) is 4.84. The molecule has 3 aromatic rings. The van der Waals surface area contributed by atoms with Gasteiger partial charge >= 0.3 is 0 Å². The number of carbonyl (C=O) groups is 1. The molecule has 0 radical (unpaired) electrons. The van der Waals surface area contributed by atoms with E-state index >= 15 is 0 Å². The number of halogens is 2. The van der Waals surface area contributed by atoms with Crippen LogP contribution in [-0.2, 0) is 0 Å². The molecule has 5 heteroatoms. The first-order chi connectivity index (χ1) is 12.1. The van der Waals surface area contributed by atoms with Crippen LogP contribution in [0.5, 0.6) is 0 Å². The quantitative estimate of drug-likeness (QED) is 0.529. The van der Waals surface area contributed by atoms with Gasteiger partial charge in [0.25, 0.3) is 5.91 Å². The summed E-state index contributed by atoms with van der Waals surface area (Å²) in [5, 5.41) is 7.04. The molecule has 0 saturated heterocycles. The number of benzene rings is 3. The first kappa shape index (κ1) is 17.5. The molecule has 0 aliphatic carbocycles. The molecule has 126 valence electrons. The zero-order chi connectivity index (χ0) is 17.6. The maximum absolute atomic E-state index is 12.6. The molecule has 1 amide bonds. The summed E-state index contributed by atoms with van der Waals surface area (Å²) in [6.07, 6.45) is -0.362. The second-order valence-electron chi connectivity index (χ2n) is 5.48. The average molecular weight is 416 g/mol. The number of hydrogen-bond acceptors (Lipinski definition) is 2. The van der Waals surface area contributed by atoms with Crippen molar-refractivity contribution < 1.29 is 4.79 Å². The number of hydrogen-bond donors (Lipinski definition) is 2. The summed E-state index contributed by atoms with van der Waals surface area (Å²) in [5.74, 6) is -0.150. The SMILES string of the molecule is O=C(NC(Nc1ccc(Cl)cc1)c1ccccc1)c1ccc(Br)cc1. The van der Waals surface area contributed by atoms with Gasteiger partial charge in [-0.05, 0) is 54.1 Å². The lowest BCUT2D eigenvalue weighted by molar-refractivity contribution is 0.0941. The zero-order valence-corrected chi connectivity index (χ0v) is 15.6. The monoisotopic (exact) mass is 414 g/mol. The molecule has 1 unspecified atom stereocenters. The summed E-state index contributed by atoms with van der Waals surface area (Å²) in [6.45, 7) is 0. The van der Waals surface area contributed by atoms with Crippen molar-refractivity contribution in [1.82, 2.24) is 5.32 Å². The predicted molar refractivity (Wildman–Crippen MR) is 106 cm³/mol. The van der Waals surface area contributed by atoms with Crippen LogP contribution in [0.2, 0.25) is 5.02 Å². The Balaban J connectivity index is 1.82. The molecule has 3 nitrogen and oxygen atoms in total. The molecule has 25 heavy (non-hydrogen) atoms. The summed E-state index contributed by atoms with van der Waals surface area (Å²) >= 11 is 9.32. The van der Waals surface area contributed by atoms with Gasteiger partial charge < -0.3 is 10.6 Å². The van der Waals surface area contributed by atoms with Crippen molar-refractivity contribution in [3.63, 3.8) is 0 Å². The Kier molecular flexibility index (Phi) is 5.74. The van der Waals surface area contributed by atoms with E-state index in [1.165, 1.54) is 0 Å². The van der Waals surface area contributed by atoms with Crippen molar-refractivity contribution in [2.45, 2.75) is 6.17 Å². The van der Waals surface area contributed by atoms with Gasteiger partial charge in [0.05, 0.1) is 0 Å². The molecule has 0 aromatic heterocycles. The van der Waals surface area contributed by atoms with E-state index in [4.69, 9.17) is 11.6 Å². The summed E-state index contributed by atoms with van der Waals surface area (Å²) in [7, 11) is 0. The summed E-state index contributed by atoms with van der Waals surface area (Å²) in [6, 6.07) is 24.4. The average Bonchev–Trinajstić information content (AvgIpc) is 2.64. The van der Waals surface area contributed by atoms with Crippen LogP contribution < -0.4 is 10.6 Å². The third-order valence-corrected chi connectivity index (χ3v) is 4.45. The molecule has 0 bridgehead atoms. The Labute approximate surface area is 160 Å². The van der Waals surface area contributed by atoms with E-state index in [2.05, 4.69) is 26.6 Å². The lowest BCUT2D eigenvalue weighted by Crippen LogP contribution is -2.33. The van der Waals surface area contributed by atoms with Crippen molar-refractivity contribution in [2.75, 3.05) is 5.32 Å². The summed E-state index contributed by atoms with van der Waals surface area (Å²) in [5.41, 5.74) is 2.43. The number of carbonyl (C=O) groups excluding carboxylic acids is 1. The van der Waals surface area contributed by atoms with Gasteiger partial charge in [0.15, 0.2) is 0 Å². The van der Waals surface area contributed by atoms with Gasteiger partial charge in [0.1, 0.15) is 6.17 Å².